The van der Waals surface area contributed by atoms with E-state index in [9.17, 15) is 8.42 Å². The Balaban J connectivity index is 4.28. The summed E-state index contributed by atoms with van der Waals surface area (Å²) in [5.74, 6) is 0. The molecule has 2 N–H and O–H groups in total. The first-order chi connectivity index (χ1) is 5.96. The number of rotatable bonds is 6. The fourth-order valence-corrected chi connectivity index (χ4v) is 1.96. The van der Waals surface area contributed by atoms with Crippen LogP contribution in [0.4, 0.5) is 0 Å². The van der Waals surface area contributed by atoms with Gasteiger partial charge < -0.3 is 10.5 Å². The maximum absolute atomic E-state index is 11.6. The Hall–Kier alpha value is -0.170. The van der Waals surface area contributed by atoms with E-state index in [4.69, 9.17) is 10.5 Å². The fourth-order valence-electron chi connectivity index (χ4n) is 0.776. The van der Waals surface area contributed by atoms with Gasteiger partial charge in [0.2, 0.25) is 10.0 Å². The van der Waals surface area contributed by atoms with Crippen molar-refractivity contribution in [1.82, 2.24) is 4.31 Å². The average molecular weight is 210 g/mol. The second-order valence-electron chi connectivity index (χ2n) is 2.91. The van der Waals surface area contributed by atoms with Crippen molar-refractivity contribution in [2.75, 3.05) is 33.9 Å². The van der Waals surface area contributed by atoms with Gasteiger partial charge in [0.15, 0.2) is 0 Å². The maximum atomic E-state index is 11.6. The Bertz CT molecular complexity index is 228. The molecule has 0 aliphatic carbocycles. The zero-order valence-corrected chi connectivity index (χ0v) is 9.17. The summed E-state index contributed by atoms with van der Waals surface area (Å²) >= 11 is 0. The van der Waals surface area contributed by atoms with Gasteiger partial charge >= 0.3 is 0 Å². The Kier molecular flexibility index (Phi) is 5.46. The van der Waals surface area contributed by atoms with E-state index in [1.165, 1.54) is 18.5 Å². The number of ether oxygens (including phenoxy) is 1. The molecule has 0 aliphatic rings. The predicted octanol–water partition coefficient (Wildman–Crippen LogP) is -0.758. The quantitative estimate of drug-likeness (QED) is 0.625. The first-order valence-electron chi connectivity index (χ1n) is 4.11. The van der Waals surface area contributed by atoms with Crippen LogP contribution in [0.15, 0.2) is 0 Å². The Morgan fingerprint density at radius 2 is 2.08 bits per heavy atom. The van der Waals surface area contributed by atoms with Gasteiger partial charge in [0, 0.05) is 27.2 Å². The summed E-state index contributed by atoms with van der Waals surface area (Å²) in [5.41, 5.74) is 5.29. The summed E-state index contributed by atoms with van der Waals surface area (Å²) in [6, 6.07) is 0. The average Bonchev–Trinajstić information content (AvgIpc) is 2.12. The van der Waals surface area contributed by atoms with Crippen molar-refractivity contribution in [3.8, 4) is 0 Å². The van der Waals surface area contributed by atoms with Gasteiger partial charge in [-0.05, 0) is 6.92 Å². The molecule has 0 aliphatic heterocycles. The van der Waals surface area contributed by atoms with Gasteiger partial charge in [-0.1, -0.05) is 0 Å². The predicted molar refractivity (Wildman–Crippen MR) is 51.9 cm³/mol. The molecule has 0 amide bonds. The lowest BCUT2D eigenvalue weighted by atomic mass is 10.5. The van der Waals surface area contributed by atoms with Gasteiger partial charge in [-0.25, -0.2) is 12.7 Å². The zero-order valence-electron chi connectivity index (χ0n) is 8.36. The molecule has 0 aromatic carbocycles. The second-order valence-corrected chi connectivity index (χ2v) is 5.36. The summed E-state index contributed by atoms with van der Waals surface area (Å²) < 4.78 is 29.2. The van der Waals surface area contributed by atoms with Crippen molar-refractivity contribution in [2.45, 2.75) is 12.2 Å². The third-order valence-electron chi connectivity index (χ3n) is 1.89. The largest absolute Gasteiger partial charge is 0.383 e. The number of likely N-dealkylation sites (N-methyl/N-ethyl adjacent to an activating group) is 1. The van der Waals surface area contributed by atoms with Gasteiger partial charge in [0.25, 0.3) is 0 Å². The monoisotopic (exact) mass is 210 g/mol. The minimum Gasteiger partial charge on any atom is -0.383 e. The highest BCUT2D eigenvalue weighted by Gasteiger charge is 2.23. The van der Waals surface area contributed by atoms with E-state index in [0.717, 1.165) is 0 Å². The zero-order chi connectivity index (χ0) is 10.5. The number of nitrogens with two attached hydrogens (primary N) is 1. The summed E-state index contributed by atoms with van der Waals surface area (Å²) in [7, 11) is -0.170. The van der Waals surface area contributed by atoms with Crippen LogP contribution < -0.4 is 5.73 Å². The van der Waals surface area contributed by atoms with E-state index in [-0.39, 0.29) is 6.54 Å². The highest BCUT2D eigenvalue weighted by atomic mass is 32.2. The van der Waals surface area contributed by atoms with Crippen molar-refractivity contribution in [2.24, 2.45) is 5.73 Å². The molecule has 0 rings (SSSR count). The van der Waals surface area contributed by atoms with E-state index in [1.54, 1.807) is 6.92 Å². The van der Waals surface area contributed by atoms with Crippen LogP contribution in [0.2, 0.25) is 0 Å². The molecule has 0 heterocycles. The molecular weight excluding hydrogens is 192 g/mol. The minimum absolute atomic E-state index is 0.139. The van der Waals surface area contributed by atoms with Crippen LogP contribution in [0.1, 0.15) is 6.92 Å². The first kappa shape index (κ1) is 12.8. The van der Waals surface area contributed by atoms with E-state index < -0.39 is 15.3 Å². The van der Waals surface area contributed by atoms with Crippen molar-refractivity contribution in [3.63, 3.8) is 0 Å². The number of hydrogen-bond donors (Lipinski definition) is 1. The molecule has 6 heteroatoms. The summed E-state index contributed by atoms with van der Waals surface area (Å²) in [4.78, 5) is 0. The number of nitrogens with zero attached hydrogens (tertiary/aromatic N) is 1. The van der Waals surface area contributed by atoms with E-state index in [0.29, 0.717) is 13.2 Å². The van der Waals surface area contributed by atoms with Crippen molar-refractivity contribution >= 4 is 10.0 Å². The summed E-state index contributed by atoms with van der Waals surface area (Å²) in [6.45, 7) is 2.49. The Labute approximate surface area is 79.9 Å². The molecule has 13 heavy (non-hydrogen) atoms. The first-order valence-corrected chi connectivity index (χ1v) is 5.61. The summed E-state index contributed by atoms with van der Waals surface area (Å²) in [5, 5.41) is -0.533. The lowest BCUT2D eigenvalue weighted by Gasteiger charge is -2.20. The smallest absolute Gasteiger partial charge is 0.217 e. The molecule has 5 nitrogen and oxygen atoms in total. The number of sulfonamides is 1. The summed E-state index contributed by atoms with van der Waals surface area (Å²) in [6.07, 6.45) is 0. The van der Waals surface area contributed by atoms with Gasteiger partial charge in [0.1, 0.15) is 0 Å². The van der Waals surface area contributed by atoms with Crippen LogP contribution in [-0.4, -0.2) is 51.8 Å². The van der Waals surface area contributed by atoms with Crippen molar-refractivity contribution < 1.29 is 13.2 Å². The molecule has 0 saturated heterocycles. The lowest BCUT2D eigenvalue weighted by Crippen LogP contribution is -2.39. The highest BCUT2D eigenvalue weighted by molar-refractivity contribution is 7.89. The van der Waals surface area contributed by atoms with Gasteiger partial charge in [-0.15, -0.1) is 0 Å². The van der Waals surface area contributed by atoms with Crippen molar-refractivity contribution in [1.29, 1.82) is 0 Å². The van der Waals surface area contributed by atoms with E-state index in [1.807, 2.05) is 0 Å². The van der Waals surface area contributed by atoms with Crippen LogP contribution in [0, 0.1) is 0 Å². The normalized spacial score (nSPS) is 14.8. The van der Waals surface area contributed by atoms with E-state index in [2.05, 4.69) is 0 Å². The molecule has 0 spiro atoms. The van der Waals surface area contributed by atoms with Gasteiger partial charge in [0.05, 0.1) is 11.9 Å². The SMILES string of the molecule is COCCN(C)S(=O)(=O)C(C)CN. The van der Waals surface area contributed by atoms with Gasteiger partial charge in [-0.3, -0.25) is 0 Å². The Morgan fingerprint density at radius 3 is 2.46 bits per heavy atom. The van der Waals surface area contributed by atoms with Crippen LogP contribution in [-0.2, 0) is 14.8 Å². The molecule has 1 unspecified atom stereocenters. The van der Waals surface area contributed by atoms with Crippen LogP contribution in [0.5, 0.6) is 0 Å². The maximum Gasteiger partial charge on any atom is 0.217 e. The minimum atomic E-state index is -3.23. The van der Waals surface area contributed by atoms with E-state index >= 15 is 0 Å². The number of methoxy groups -OCH3 is 1. The lowest BCUT2D eigenvalue weighted by molar-refractivity contribution is 0.185. The third-order valence-corrected chi connectivity index (χ3v) is 4.15. The third kappa shape index (κ3) is 3.60. The number of hydrogen-bond acceptors (Lipinski definition) is 4. The molecule has 80 valence electrons. The highest BCUT2D eigenvalue weighted by Crippen LogP contribution is 2.04. The van der Waals surface area contributed by atoms with Crippen LogP contribution >= 0.6 is 0 Å². The molecular formula is C7H18N2O3S. The van der Waals surface area contributed by atoms with Gasteiger partial charge in [-0.2, -0.15) is 0 Å². The molecule has 0 aromatic rings. The molecule has 0 saturated carbocycles. The second kappa shape index (κ2) is 5.54. The molecule has 0 aromatic heterocycles. The molecule has 0 fully saturated rings. The molecule has 0 radical (unpaired) electrons. The molecule has 0 bridgehead atoms. The van der Waals surface area contributed by atoms with Crippen molar-refractivity contribution in [3.05, 3.63) is 0 Å². The van der Waals surface area contributed by atoms with Crippen LogP contribution in [0.25, 0.3) is 0 Å². The molecule has 1 atom stereocenters. The Morgan fingerprint density at radius 1 is 1.54 bits per heavy atom. The standard InChI is InChI=1S/C7H18N2O3S/c1-7(6-8)13(10,11)9(2)4-5-12-3/h7H,4-6,8H2,1-3H3. The topological polar surface area (TPSA) is 72.6 Å². The fraction of sp³-hybridized carbons (Fsp3) is 1.00. The van der Waals surface area contributed by atoms with Crippen LogP contribution in [0.3, 0.4) is 0 Å².